The van der Waals surface area contributed by atoms with E-state index in [4.69, 9.17) is 4.74 Å². The number of carbonyl (C=O) groups is 2. The van der Waals surface area contributed by atoms with Crippen molar-refractivity contribution in [3.05, 3.63) is 0 Å². The van der Waals surface area contributed by atoms with Crippen LogP contribution in [0.4, 0.5) is 0 Å². The number of hydrogen-bond donors (Lipinski definition) is 0. The molecule has 0 bridgehead atoms. The molecule has 0 unspecified atom stereocenters. The van der Waals surface area contributed by atoms with Crippen LogP contribution in [-0.4, -0.2) is 23.7 Å². The standard InChI is InChI=1S/C11H17BrO3/c1-2-15-10(14)11(9(13)8-12)6-4-3-5-7-11/h2-8H2,1H3. The topological polar surface area (TPSA) is 43.4 Å². The van der Waals surface area contributed by atoms with Crippen molar-refractivity contribution in [1.29, 1.82) is 0 Å². The Kier molecular flexibility index (Phi) is 4.77. The van der Waals surface area contributed by atoms with Crippen LogP contribution in [0.2, 0.25) is 0 Å². The van der Waals surface area contributed by atoms with Gasteiger partial charge in [0.1, 0.15) is 5.41 Å². The number of alkyl halides is 1. The quantitative estimate of drug-likeness (QED) is 0.450. The van der Waals surface area contributed by atoms with Gasteiger partial charge >= 0.3 is 5.97 Å². The summed E-state index contributed by atoms with van der Waals surface area (Å²) in [6.07, 6.45) is 4.29. The second-order valence-electron chi connectivity index (χ2n) is 3.92. The third-order valence-electron chi connectivity index (χ3n) is 3.03. The second-order valence-corrected chi connectivity index (χ2v) is 4.48. The molecule has 1 aliphatic rings. The predicted molar refractivity (Wildman–Crippen MR) is 61.0 cm³/mol. The average Bonchev–Trinajstić information content (AvgIpc) is 2.29. The van der Waals surface area contributed by atoms with Gasteiger partial charge in [0.2, 0.25) is 0 Å². The lowest BCUT2D eigenvalue weighted by molar-refractivity contribution is -0.161. The molecule has 0 aromatic carbocycles. The number of halogens is 1. The number of esters is 1. The number of ketones is 1. The molecule has 0 heterocycles. The molecule has 0 spiro atoms. The Balaban J connectivity index is 2.84. The van der Waals surface area contributed by atoms with Gasteiger partial charge in [-0.25, -0.2) is 0 Å². The molecule has 1 aliphatic carbocycles. The number of ether oxygens (including phenoxy) is 1. The Hall–Kier alpha value is -0.380. The first-order valence-electron chi connectivity index (χ1n) is 5.44. The Morgan fingerprint density at radius 2 is 1.87 bits per heavy atom. The monoisotopic (exact) mass is 276 g/mol. The van der Waals surface area contributed by atoms with Gasteiger partial charge in [-0.2, -0.15) is 0 Å². The molecular weight excluding hydrogens is 260 g/mol. The summed E-state index contributed by atoms with van der Waals surface area (Å²) in [6, 6.07) is 0. The fraction of sp³-hybridized carbons (Fsp3) is 0.818. The SMILES string of the molecule is CCOC(=O)C1(C(=O)CBr)CCCCC1. The molecule has 0 radical (unpaired) electrons. The Labute approximate surface area is 98.7 Å². The van der Waals surface area contributed by atoms with Gasteiger partial charge in [0.15, 0.2) is 5.78 Å². The molecule has 0 atom stereocenters. The summed E-state index contributed by atoms with van der Waals surface area (Å²) < 4.78 is 5.03. The van der Waals surface area contributed by atoms with E-state index in [1.165, 1.54) is 0 Å². The van der Waals surface area contributed by atoms with Gasteiger partial charge in [-0.15, -0.1) is 0 Å². The Morgan fingerprint density at radius 1 is 1.27 bits per heavy atom. The lowest BCUT2D eigenvalue weighted by Gasteiger charge is -2.32. The molecule has 86 valence electrons. The highest BCUT2D eigenvalue weighted by atomic mass is 79.9. The Bertz CT molecular complexity index is 244. The summed E-state index contributed by atoms with van der Waals surface area (Å²) in [4.78, 5) is 23.7. The van der Waals surface area contributed by atoms with Crippen molar-refractivity contribution >= 4 is 27.7 Å². The first-order valence-corrected chi connectivity index (χ1v) is 6.56. The van der Waals surface area contributed by atoms with Crippen LogP contribution in [0.25, 0.3) is 0 Å². The molecule has 1 fully saturated rings. The van der Waals surface area contributed by atoms with E-state index in [9.17, 15) is 9.59 Å². The maximum atomic E-state index is 11.9. The van der Waals surface area contributed by atoms with Crippen LogP contribution in [0, 0.1) is 5.41 Å². The molecule has 0 N–H and O–H groups in total. The van der Waals surface area contributed by atoms with Crippen molar-refractivity contribution in [2.45, 2.75) is 39.0 Å². The van der Waals surface area contributed by atoms with Crippen molar-refractivity contribution in [1.82, 2.24) is 0 Å². The first-order chi connectivity index (χ1) is 7.17. The number of rotatable bonds is 4. The summed E-state index contributed by atoms with van der Waals surface area (Å²) >= 11 is 3.15. The third-order valence-corrected chi connectivity index (χ3v) is 3.54. The zero-order valence-corrected chi connectivity index (χ0v) is 10.6. The molecule has 0 amide bonds. The fourth-order valence-corrected chi connectivity index (χ4v) is 2.69. The summed E-state index contributed by atoms with van der Waals surface area (Å²) in [7, 11) is 0. The molecular formula is C11H17BrO3. The van der Waals surface area contributed by atoms with Crippen LogP contribution in [0.5, 0.6) is 0 Å². The van der Waals surface area contributed by atoms with Gasteiger partial charge in [-0.3, -0.25) is 9.59 Å². The first kappa shape index (κ1) is 12.7. The van der Waals surface area contributed by atoms with Crippen LogP contribution in [0.3, 0.4) is 0 Å². The lowest BCUT2D eigenvalue weighted by atomic mass is 9.71. The van der Waals surface area contributed by atoms with Crippen LogP contribution in [0.15, 0.2) is 0 Å². The summed E-state index contributed by atoms with van der Waals surface area (Å²) in [6.45, 7) is 2.11. The highest BCUT2D eigenvalue weighted by Gasteiger charge is 2.46. The fourth-order valence-electron chi connectivity index (χ4n) is 2.15. The van der Waals surface area contributed by atoms with Crippen molar-refractivity contribution in [2.24, 2.45) is 5.41 Å². The molecule has 4 heteroatoms. The number of carbonyl (C=O) groups excluding carboxylic acids is 2. The number of Topliss-reactive ketones (excluding diaryl/α,β-unsaturated/α-hetero) is 1. The van der Waals surface area contributed by atoms with Crippen LogP contribution in [0.1, 0.15) is 39.0 Å². The summed E-state index contributed by atoms with van der Waals surface area (Å²) in [5, 5.41) is 0.242. The van der Waals surface area contributed by atoms with Crippen LogP contribution >= 0.6 is 15.9 Å². The zero-order valence-electron chi connectivity index (χ0n) is 9.05. The number of hydrogen-bond acceptors (Lipinski definition) is 3. The Morgan fingerprint density at radius 3 is 2.33 bits per heavy atom. The van der Waals surface area contributed by atoms with Crippen LogP contribution < -0.4 is 0 Å². The van der Waals surface area contributed by atoms with E-state index in [0.717, 1.165) is 19.3 Å². The highest BCUT2D eigenvalue weighted by molar-refractivity contribution is 9.09. The van der Waals surface area contributed by atoms with E-state index in [1.807, 2.05) is 0 Å². The molecule has 1 rings (SSSR count). The summed E-state index contributed by atoms with van der Waals surface area (Å²) in [5.74, 6) is -0.352. The molecule has 0 aromatic rings. The van der Waals surface area contributed by atoms with Gasteiger partial charge < -0.3 is 4.74 Å². The molecule has 0 saturated heterocycles. The highest BCUT2D eigenvalue weighted by Crippen LogP contribution is 2.38. The van der Waals surface area contributed by atoms with E-state index in [2.05, 4.69) is 15.9 Å². The van der Waals surface area contributed by atoms with Gasteiger partial charge in [0.25, 0.3) is 0 Å². The van der Waals surface area contributed by atoms with Crippen molar-refractivity contribution in [3.63, 3.8) is 0 Å². The minimum atomic E-state index is -0.849. The smallest absolute Gasteiger partial charge is 0.319 e. The van der Waals surface area contributed by atoms with E-state index >= 15 is 0 Å². The minimum absolute atomic E-state index is 0.0272. The van der Waals surface area contributed by atoms with Gasteiger partial charge in [-0.1, -0.05) is 35.2 Å². The zero-order chi connectivity index (χ0) is 11.3. The largest absolute Gasteiger partial charge is 0.465 e. The van der Waals surface area contributed by atoms with E-state index in [-0.39, 0.29) is 17.1 Å². The van der Waals surface area contributed by atoms with Gasteiger partial charge in [0.05, 0.1) is 11.9 Å². The lowest BCUT2D eigenvalue weighted by Crippen LogP contribution is -2.43. The summed E-state index contributed by atoms with van der Waals surface area (Å²) in [5.41, 5.74) is -0.849. The van der Waals surface area contributed by atoms with E-state index in [1.54, 1.807) is 6.92 Å². The van der Waals surface area contributed by atoms with E-state index < -0.39 is 5.41 Å². The van der Waals surface area contributed by atoms with Crippen molar-refractivity contribution < 1.29 is 14.3 Å². The molecule has 3 nitrogen and oxygen atoms in total. The second kappa shape index (κ2) is 5.64. The maximum absolute atomic E-state index is 11.9. The molecule has 15 heavy (non-hydrogen) atoms. The molecule has 1 saturated carbocycles. The normalized spacial score (nSPS) is 19.6. The van der Waals surface area contributed by atoms with Crippen LogP contribution in [-0.2, 0) is 14.3 Å². The van der Waals surface area contributed by atoms with Gasteiger partial charge in [0, 0.05) is 0 Å². The maximum Gasteiger partial charge on any atom is 0.319 e. The molecule has 0 aromatic heterocycles. The minimum Gasteiger partial charge on any atom is -0.465 e. The van der Waals surface area contributed by atoms with Crippen molar-refractivity contribution in [3.8, 4) is 0 Å². The van der Waals surface area contributed by atoms with Gasteiger partial charge in [-0.05, 0) is 19.8 Å². The third kappa shape index (κ3) is 2.60. The van der Waals surface area contributed by atoms with Crippen molar-refractivity contribution in [2.75, 3.05) is 11.9 Å². The molecule has 0 aliphatic heterocycles. The predicted octanol–water partition coefficient (Wildman–Crippen LogP) is 2.46. The average molecular weight is 277 g/mol. The van der Waals surface area contributed by atoms with E-state index in [0.29, 0.717) is 19.4 Å².